The Labute approximate surface area is 202 Å². The zero-order valence-corrected chi connectivity index (χ0v) is 19.9. The van der Waals surface area contributed by atoms with E-state index in [4.69, 9.17) is 4.74 Å². The molecule has 1 aromatic heterocycles. The van der Waals surface area contributed by atoms with E-state index in [1.165, 1.54) is 14.0 Å². The molecule has 34 heavy (non-hydrogen) atoms. The van der Waals surface area contributed by atoms with Gasteiger partial charge in [0, 0.05) is 16.0 Å². The first-order chi connectivity index (χ1) is 16.2. The SMILES string of the molecule is COc1cc([C@@H]2c3sc(=O)[nH]c3S[C@@H]3[C@H]4C[C@@H]([C@@H]5C(=O)N([C@H](C)C(=O)O)C(=O)[C@H]45)[C@@H]23)ccc1O. The van der Waals surface area contributed by atoms with Crippen LogP contribution in [-0.2, 0) is 14.4 Å². The Morgan fingerprint density at radius 3 is 2.59 bits per heavy atom. The highest BCUT2D eigenvalue weighted by molar-refractivity contribution is 8.00. The van der Waals surface area contributed by atoms with Crippen LogP contribution in [0.4, 0.5) is 0 Å². The van der Waals surface area contributed by atoms with Crippen molar-refractivity contribution in [2.24, 2.45) is 29.6 Å². The van der Waals surface area contributed by atoms with Crippen LogP contribution in [0.3, 0.4) is 0 Å². The number of aromatic hydroxyl groups is 1. The number of benzene rings is 1. The van der Waals surface area contributed by atoms with E-state index in [1.807, 2.05) is 6.07 Å². The second kappa shape index (κ2) is 7.35. The minimum absolute atomic E-state index is 0.00521. The number of nitrogens with zero attached hydrogens (tertiary/aromatic N) is 1. The molecule has 0 radical (unpaired) electrons. The van der Waals surface area contributed by atoms with Crippen molar-refractivity contribution in [2.75, 3.05) is 7.11 Å². The zero-order valence-electron chi connectivity index (χ0n) is 18.3. The van der Waals surface area contributed by atoms with Crippen molar-refractivity contribution in [2.45, 2.75) is 35.6 Å². The molecule has 2 aromatic rings. The van der Waals surface area contributed by atoms with Crippen molar-refractivity contribution in [3.05, 3.63) is 38.3 Å². The van der Waals surface area contributed by atoms with E-state index >= 15 is 0 Å². The Balaban J connectivity index is 1.46. The molecule has 11 heteroatoms. The largest absolute Gasteiger partial charge is 0.504 e. The lowest BCUT2D eigenvalue weighted by Crippen LogP contribution is -2.44. The first kappa shape index (κ1) is 21.7. The van der Waals surface area contributed by atoms with E-state index in [0.717, 1.165) is 38.1 Å². The monoisotopic (exact) mass is 502 g/mol. The van der Waals surface area contributed by atoms with Gasteiger partial charge in [0.05, 0.1) is 24.0 Å². The van der Waals surface area contributed by atoms with Crippen LogP contribution < -0.4 is 9.61 Å². The average molecular weight is 503 g/mol. The summed E-state index contributed by atoms with van der Waals surface area (Å²) in [5.41, 5.74) is 0.873. The lowest BCUT2D eigenvalue weighted by Gasteiger charge is -2.43. The molecule has 3 heterocycles. The number of aromatic nitrogens is 1. The number of aromatic amines is 1. The number of hydrogen-bond donors (Lipinski definition) is 3. The molecule has 3 fully saturated rings. The van der Waals surface area contributed by atoms with Crippen LogP contribution >= 0.6 is 23.1 Å². The van der Waals surface area contributed by atoms with E-state index in [1.54, 1.807) is 23.9 Å². The van der Waals surface area contributed by atoms with Gasteiger partial charge in [-0.3, -0.25) is 19.3 Å². The molecule has 3 N–H and O–H groups in total. The van der Waals surface area contributed by atoms with Crippen LogP contribution in [0.25, 0.3) is 0 Å². The lowest BCUT2D eigenvalue weighted by molar-refractivity contribution is -0.154. The Morgan fingerprint density at radius 2 is 1.91 bits per heavy atom. The summed E-state index contributed by atoms with van der Waals surface area (Å²) in [6.45, 7) is 1.37. The zero-order chi connectivity index (χ0) is 24.0. The standard InChI is InChI=1S/C23H22N2O7S2/c1-7(22(29)30)25-20(27)15-9-6-10(16(15)21(25)28)17-14(9)13(18-19(33-17)24-23(31)34-18)8-3-4-11(26)12(5-8)32-2/h3-5,7,9-10,13-17,26H,6H2,1-2H3,(H,24,31)(H,29,30)/t7-,9-,10+,13+,14+,15+,16-,17-/m1/s1. The van der Waals surface area contributed by atoms with Gasteiger partial charge in [-0.25, -0.2) is 4.79 Å². The number of carbonyl (C=O) groups excluding carboxylic acids is 2. The predicted molar refractivity (Wildman–Crippen MR) is 122 cm³/mol. The number of thioether (sulfide) groups is 1. The van der Waals surface area contributed by atoms with Gasteiger partial charge in [-0.2, -0.15) is 0 Å². The number of ether oxygens (including phenoxy) is 1. The molecule has 9 nitrogen and oxygen atoms in total. The van der Waals surface area contributed by atoms with Gasteiger partial charge in [0.2, 0.25) is 11.8 Å². The van der Waals surface area contributed by atoms with E-state index in [9.17, 15) is 29.4 Å². The number of hydrogen-bond acceptors (Lipinski definition) is 8. The lowest BCUT2D eigenvalue weighted by atomic mass is 9.68. The first-order valence-corrected chi connectivity index (χ1v) is 12.8. The summed E-state index contributed by atoms with van der Waals surface area (Å²) in [5.74, 6) is -3.10. The second-order valence-corrected chi connectivity index (χ2v) is 11.7. The smallest absolute Gasteiger partial charge is 0.326 e. The number of carboxylic acids is 1. The fourth-order valence-electron chi connectivity index (χ4n) is 6.79. The van der Waals surface area contributed by atoms with Crippen LogP contribution in [0, 0.1) is 29.6 Å². The van der Waals surface area contributed by atoms with Crippen molar-refractivity contribution in [1.82, 2.24) is 9.88 Å². The quantitative estimate of drug-likeness (QED) is 0.541. The highest BCUT2D eigenvalue weighted by Gasteiger charge is 2.70. The van der Waals surface area contributed by atoms with Gasteiger partial charge in [-0.15, -0.1) is 11.8 Å². The summed E-state index contributed by atoms with van der Waals surface area (Å²) in [6, 6.07) is 3.95. The molecule has 8 atom stereocenters. The second-order valence-electron chi connectivity index (χ2n) is 9.45. The topological polar surface area (TPSA) is 137 Å². The maximum Gasteiger partial charge on any atom is 0.326 e. The van der Waals surface area contributed by atoms with Gasteiger partial charge in [0.15, 0.2) is 11.5 Å². The van der Waals surface area contributed by atoms with E-state index < -0.39 is 29.8 Å². The molecular weight excluding hydrogens is 480 g/mol. The number of fused-ring (bicyclic) bond motifs is 9. The Morgan fingerprint density at radius 1 is 1.21 bits per heavy atom. The van der Waals surface area contributed by atoms with Crippen molar-refractivity contribution >= 4 is 40.9 Å². The number of methoxy groups -OCH3 is 1. The van der Waals surface area contributed by atoms with Gasteiger partial charge in [-0.1, -0.05) is 17.4 Å². The molecule has 2 amide bonds. The van der Waals surface area contributed by atoms with Crippen molar-refractivity contribution in [1.29, 1.82) is 0 Å². The molecule has 1 aromatic carbocycles. The number of phenolic OH excluding ortho intramolecular Hbond substituents is 1. The normalized spacial score (nSPS) is 34.1. The summed E-state index contributed by atoms with van der Waals surface area (Å²) in [7, 11) is 1.47. The van der Waals surface area contributed by atoms with Crippen LogP contribution in [0.5, 0.6) is 11.5 Å². The van der Waals surface area contributed by atoms with Crippen LogP contribution in [-0.4, -0.2) is 56.3 Å². The summed E-state index contributed by atoms with van der Waals surface area (Å²) in [6.07, 6.45) is 0.718. The number of H-pyrrole nitrogens is 1. The molecular formula is C23H22N2O7S2. The van der Waals surface area contributed by atoms with Gasteiger partial charge < -0.3 is 19.9 Å². The molecule has 2 saturated carbocycles. The maximum absolute atomic E-state index is 13.4. The average Bonchev–Trinajstić information content (AvgIpc) is 3.52. The van der Waals surface area contributed by atoms with Gasteiger partial charge in [-0.05, 0) is 48.8 Å². The fourth-order valence-corrected chi connectivity index (χ4v) is 9.68. The summed E-state index contributed by atoms with van der Waals surface area (Å²) < 4.78 is 5.32. The van der Waals surface area contributed by atoms with E-state index in [2.05, 4.69) is 4.98 Å². The number of phenols is 1. The predicted octanol–water partition coefficient (Wildman–Crippen LogP) is 2.10. The molecule has 2 aliphatic heterocycles. The minimum Gasteiger partial charge on any atom is -0.504 e. The number of rotatable bonds is 4. The molecule has 2 aliphatic carbocycles. The minimum atomic E-state index is -1.20. The van der Waals surface area contributed by atoms with Crippen LogP contribution in [0.15, 0.2) is 28.0 Å². The van der Waals surface area contributed by atoms with Crippen LogP contribution in [0.1, 0.15) is 29.7 Å². The molecule has 6 rings (SSSR count). The number of thiazole rings is 1. The number of amides is 2. The number of likely N-dealkylation sites (tertiary alicyclic amines) is 1. The van der Waals surface area contributed by atoms with Gasteiger partial charge in [0.1, 0.15) is 6.04 Å². The molecule has 2 bridgehead atoms. The van der Waals surface area contributed by atoms with E-state index in [0.29, 0.717) is 5.75 Å². The highest BCUT2D eigenvalue weighted by Crippen LogP contribution is 2.68. The third-order valence-corrected chi connectivity index (χ3v) is 10.7. The van der Waals surface area contributed by atoms with Crippen molar-refractivity contribution in [3.8, 4) is 11.5 Å². The fraction of sp³-hybridized carbons (Fsp3) is 0.478. The number of aliphatic carboxylic acids is 1. The third-order valence-electron chi connectivity index (χ3n) is 8.07. The number of carbonyl (C=O) groups is 3. The summed E-state index contributed by atoms with van der Waals surface area (Å²) in [4.78, 5) is 55.1. The summed E-state index contributed by atoms with van der Waals surface area (Å²) >= 11 is 2.71. The third kappa shape index (κ3) is 2.73. The summed E-state index contributed by atoms with van der Waals surface area (Å²) in [5, 5.41) is 20.4. The Bertz CT molecular complexity index is 1300. The highest BCUT2D eigenvalue weighted by atomic mass is 32.2. The molecule has 0 unspecified atom stereocenters. The molecule has 178 valence electrons. The van der Waals surface area contributed by atoms with Crippen molar-refractivity contribution in [3.63, 3.8) is 0 Å². The molecule has 1 saturated heterocycles. The van der Waals surface area contributed by atoms with Gasteiger partial charge in [0.25, 0.3) is 0 Å². The van der Waals surface area contributed by atoms with Crippen molar-refractivity contribution < 1.29 is 29.3 Å². The van der Waals surface area contributed by atoms with Crippen LogP contribution in [0.2, 0.25) is 0 Å². The van der Waals surface area contributed by atoms with E-state index in [-0.39, 0.29) is 45.5 Å². The number of carboxylic acid groups (broad SMARTS) is 1. The first-order valence-electron chi connectivity index (χ1n) is 11.1. The molecule has 0 spiro atoms. The van der Waals surface area contributed by atoms with Gasteiger partial charge >= 0.3 is 10.8 Å². The molecule has 4 aliphatic rings. The Kier molecular flexibility index (Phi) is 4.70. The maximum atomic E-state index is 13.4. The number of nitrogens with one attached hydrogen (secondary N) is 1. The number of imide groups is 1. The Hall–Kier alpha value is -2.79.